The molecule has 5 nitrogen and oxygen atoms in total. The van der Waals surface area contributed by atoms with Gasteiger partial charge in [-0.05, 0) is 25.1 Å². The lowest BCUT2D eigenvalue weighted by Gasteiger charge is -2.21. The van der Waals surface area contributed by atoms with Crippen molar-refractivity contribution in [1.82, 2.24) is 9.80 Å². The first-order valence-corrected chi connectivity index (χ1v) is 7.17. The summed E-state index contributed by atoms with van der Waals surface area (Å²) < 4.78 is 5.51. The van der Waals surface area contributed by atoms with Crippen molar-refractivity contribution in [3.8, 4) is 5.75 Å². The quantitative estimate of drug-likeness (QED) is 0.854. The number of amides is 1. The highest BCUT2D eigenvalue weighted by atomic mass is 16.5. The van der Waals surface area contributed by atoms with Crippen molar-refractivity contribution >= 4 is 5.91 Å². The van der Waals surface area contributed by atoms with Gasteiger partial charge in [-0.3, -0.25) is 4.79 Å². The first-order chi connectivity index (χ1) is 9.79. The lowest BCUT2D eigenvalue weighted by molar-refractivity contribution is -0.133. The van der Waals surface area contributed by atoms with Crippen LogP contribution in [0.2, 0.25) is 0 Å². The van der Waals surface area contributed by atoms with Crippen LogP contribution in [-0.2, 0) is 4.79 Å². The first-order valence-electron chi connectivity index (χ1n) is 7.17. The summed E-state index contributed by atoms with van der Waals surface area (Å²) in [6, 6.07) is 9.44. The Labute approximate surface area is 120 Å². The Morgan fingerprint density at radius 1 is 1.15 bits per heavy atom. The Bertz CT molecular complexity index is 411. The summed E-state index contributed by atoms with van der Waals surface area (Å²) in [5.41, 5.74) is 5.57. The van der Waals surface area contributed by atoms with Crippen LogP contribution in [0.25, 0.3) is 0 Å². The van der Waals surface area contributed by atoms with Gasteiger partial charge in [-0.1, -0.05) is 18.2 Å². The molecule has 0 saturated carbocycles. The molecule has 1 aliphatic heterocycles. The Kier molecular flexibility index (Phi) is 5.83. The SMILES string of the molecule is NCCN1CCCN(C(=O)COc2ccccc2)CC1. The standard InChI is InChI=1S/C15H23N3O2/c16-7-10-17-8-4-9-18(12-11-17)15(19)13-20-14-5-2-1-3-6-14/h1-3,5-6H,4,7-13,16H2. The molecule has 1 aromatic rings. The van der Waals surface area contributed by atoms with Crippen molar-refractivity contribution in [2.24, 2.45) is 5.73 Å². The predicted molar refractivity (Wildman–Crippen MR) is 78.6 cm³/mol. The zero-order valence-corrected chi connectivity index (χ0v) is 11.8. The van der Waals surface area contributed by atoms with Gasteiger partial charge in [-0.15, -0.1) is 0 Å². The Balaban J connectivity index is 1.77. The number of hydrogen-bond donors (Lipinski definition) is 1. The van der Waals surface area contributed by atoms with E-state index in [0.29, 0.717) is 6.54 Å². The second kappa shape index (κ2) is 7.87. The van der Waals surface area contributed by atoms with E-state index in [-0.39, 0.29) is 12.5 Å². The normalized spacial score (nSPS) is 16.8. The van der Waals surface area contributed by atoms with E-state index in [1.165, 1.54) is 0 Å². The largest absolute Gasteiger partial charge is 0.484 e. The van der Waals surface area contributed by atoms with E-state index in [2.05, 4.69) is 4.90 Å². The maximum absolute atomic E-state index is 12.1. The number of carbonyl (C=O) groups is 1. The lowest BCUT2D eigenvalue weighted by atomic mass is 10.3. The van der Waals surface area contributed by atoms with Gasteiger partial charge in [0.15, 0.2) is 6.61 Å². The van der Waals surface area contributed by atoms with Crippen LogP contribution in [0.4, 0.5) is 0 Å². The summed E-state index contributed by atoms with van der Waals surface area (Å²) in [5.74, 6) is 0.795. The fraction of sp³-hybridized carbons (Fsp3) is 0.533. The number of para-hydroxylation sites is 1. The third kappa shape index (κ3) is 4.51. The second-order valence-electron chi connectivity index (χ2n) is 4.97. The Morgan fingerprint density at radius 3 is 2.70 bits per heavy atom. The van der Waals surface area contributed by atoms with Crippen molar-refractivity contribution in [3.63, 3.8) is 0 Å². The maximum Gasteiger partial charge on any atom is 0.260 e. The molecule has 1 saturated heterocycles. The fourth-order valence-electron chi connectivity index (χ4n) is 2.38. The molecule has 0 atom stereocenters. The number of hydrogen-bond acceptors (Lipinski definition) is 4. The van der Waals surface area contributed by atoms with E-state index in [9.17, 15) is 4.79 Å². The highest BCUT2D eigenvalue weighted by Crippen LogP contribution is 2.09. The van der Waals surface area contributed by atoms with Gasteiger partial charge in [0.25, 0.3) is 5.91 Å². The highest BCUT2D eigenvalue weighted by Gasteiger charge is 2.18. The van der Waals surface area contributed by atoms with E-state index in [1.54, 1.807) is 0 Å². The molecule has 1 amide bonds. The minimum absolute atomic E-state index is 0.0588. The smallest absolute Gasteiger partial charge is 0.260 e. The number of ether oxygens (including phenoxy) is 1. The summed E-state index contributed by atoms with van der Waals surface area (Å²) in [6.45, 7) is 5.17. The molecule has 0 unspecified atom stereocenters. The summed E-state index contributed by atoms with van der Waals surface area (Å²) in [7, 11) is 0. The first kappa shape index (κ1) is 14.8. The molecule has 20 heavy (non-hydrogen) atoms. The van der Waals surface area contributed by atoms with E-state index < -0.39 is 0 Å². The molecule has 1 fully saturated rings. The summed E-state index contributed by atoms with van der Waals surface area (Å²) in [4.78, 5) is 16.3. The molecule has 1 heterocycles. The molecule has 0 aliphatic carbocycles. The fourth-order valence-corrected chi connectivity index (χ4v) is 2.38. The molecular formula is C15H23N3O2. The average Bonchev–Trinajstić information content (AvgIpc) is 2.72. The van der Waals surface area contributed by atoms with Gasteiger partial charge in [0.2, 0.25) is 0 Å². The Hall–Kier alpha value is -1.59. The van der Waals surface area contributed by atoms with Crippen LogP contribution in [0.15, 0.2) is 30.3 Å². The van der Waals surface area contributed by atoms with E-state index in [4.69, 9.17) is 10.5 Å². The van der Waals surface area contributed by atoms with Crippen molar-refractivity contribution < 1.29 is 9.53 Å². The lowest BCUT2D eigenvalue weighted by Crippen LogP contribution is -2.38. The van der Waals surface area contributed by atoms with Crippen molar-refractivity contribution in [2.45, 2.75) is 6.42 Å². The molecule has 2 N–H and O–H groups in total. The molecule has 5 heteroatoms. The van der Waals surface area contributed by atoms with Gasteiger partial charge >= 0.3 is 0 Å². The van der Waals surface area contributed by atoms with Crippen LogP contribution in [-0.4, -0.2) is 61.6 Å². The minimum atomic E-state index is 0.0588. The molecule has 0 aromatic heterocycles. The monoisotopic (exact) mass is 277 g/mol. The molecule has 1 aromatic carbocycles. The van der Waals surface area contributed by atoms with Crippen LogP contribution < -0.4 is 10.5 Å². The van der Waals surface area contributed by atoms with Crippen LogP contribution in [0.3, 0.4) is 0 Å². The molecule has 0 spiro atoms. The minimum Gasteiger partial charge on any atom is -0.484 e. The van der Waals surface area contributed by atoms with Crippen LogP contribution in [0, 0.1) is 0 Å². The third-order valence-electron chi connectivity index (χ3n) is 3.49. The number of rotatable bonds is 5. The summed E-state index contributed by atoms with van der Waals surface area (Å²) in [5, 5.41) is 0. The maximum atomic E-state index is 12.1. The molecule has 1 aliphatic rings. The third-order valence-corrected chi connectivity index (χ3v) is 3.49. The predicted octanol–water partition coefficient (Wildman–Crippen LogP) is 0.558. The molecule has 110 valence electrons. The van der Waals surface area contributed by atoms with Crippen molar-refractivity contribution in [3.05, 3.63) is 30.3 Å². The van der Waals surface area contributed by atoms with Crippen LogP contribution >= 0.6 is 0 Å². The molecule has 2 rings (SSSR count). The van der Waals surface area contributed by atoms with Gasteiger partial charge in [0.1, 0.15) is 5.75 Å². The summed E-state index contributed by atoms with van der Waals surface area (Å²) in [6.07, 6.45) is 0.997. The van der Waals surface area contributed by atoms with Crippen molar-refractivity contribution in [1.29, 1.82) is 0 Å². The van der Waals surface area contributed by atoms with Gasteiger partial charge in [0, 0.05) is 32.7 Å². The number of benzene rings is 1. The topological polar surface area (TPSA) is 58.8 Å². The van der Waals surface area contributed by atoms with Gasteiger partial charge in [-0.25, -0.2) is 0 Å². The number of carbonyl (C=O) groups excluding carboxylic acids is 1. The van der Waals surface area contributed by atoms with Crippen molar-refractivity contribution in [2.75, 3.05) is 45.9 Å². The molecule has 0 bridgehead atoms. The summed E-state index contributed by atoms with van der Waals surface area (Å²) >= 11 is 0. The average molecular weight is 277 g/mol. The van der Waals surface area contributed by atoms with E-state index in [0.717, 1.165) is 44.9 Å². The van der Waals surface area contributed by atoms with Gasteiger partial charge < -0.3 is 20.3 Å². The number of nitrogens with zero attached hydrogens (tertiary/aromatic N) is 2. The zero-order valence-electron chi connectivity index (χ0n) is 11.8. The van der Waals surface area contributed by atoms with Crippen LogP contribution in [0.1, 0.15) is 6.42 Å². The second-order valence-corrected chi connectivity index (χ2v) is 4.97. The van der Waals surface area contributed by atoms with Gasteiger partial charge in [-0.2, -0.15) is 0 Å². The van der Waals surface area contributed by atoms with E-state index in [1.807, 2.05) is 35.2 Å². The highest BCUT2D eigenvalue weighted by molar-refractivity contribution is 5.77. The molecule has 0 radical (unpaired) electrons. The molecular weight excluding hydrogens is 254 g/mol. The Morgan fingerprint density at radius 2 is 1.95 bits per heavy atom. The van der Waals surface area contributed by atoms with Crippen LogP contribution in [0.5, 0.6) is 5.75 Å². The van der Waals surface area contributed by atoms with E-state index >= 15 is 0 Å². The number of nitrogens with two attached hydrogens (primary N) is 1. The van der Waals surface area contributed by atoms with Gasteiger partial charge in [0.05, 0.1) is 0 Å². The zero-order chi connectivity index (χ0) is 14.2.